The average Bonchev–Trinajstić information content (AvgIpc) is 2.18. The fourth-order valence-electron chi connectivity index (χ4n) is 0.986. The number of hydrogen-bond acceptors (Lipinski definition) is 5. The number of hydrogen-bond donors (Lipinski definition) is 3. The van der Waals surface area contributed by atoms with Gasteiger partial charge in [-0.3, -0.25) is 0 Å². The number of anilines is 1. The Hall–Kier alpha value is -1.20. The summed E-state index contributed by atoms with van der Waals surface area (Å²) in [6.45, 7) is 3.93. The SMILES string of the molecule is CC(O)CNCCNc1cccnn1. The molecule has 0 radical (unpaired) electrons. The third-order valence-corrected chi connectivity index (χ3v) is 1.62. The van der Waals surface area contributed by atoms with Crippen molar-refractivity contribution in [2.75, 3.05) is 25.0 Å². The fraction of sp³-hybridized carbons (Fsp3) is 0.556. The van der Waals surface area contributed by atoms with Crippen molar-refractivity contribution < 1.29 is 5.11 Å². The van der Waals surface area contributed by atoms with Crippen LogP contribution in [0.4, 0.5) is 5.82 Å². The van der Waals surface area contributed by atoms with Gasteiger partial charge >= 0.3 is 0 Å². The molecule has 0 saturated heterocycles. The second-order valence-corrected chi connectivity index (χ2v) is 3.09. The van der Waals surface area contributed by atoms with Gasteiger partial charge in [-0.25, -0.2) is 0 Å². The van der Waals surface area contributed by atoms with E-state index in [1.165, 1.54) is 0 Å². The van der Waals surface area contributed by atoms with Gasteiger partial charge in [-0.2, -0.15) is 5.10 Å². The van der Waals surface area contributed by atoms with E-state index in [2.05, 4.69) is 20.8 Å². The minimum absolute atomic E-state index is 0.300. The molecule has 0 bridgehead atoms. The molecule has 78 valence electrons. The zero-order chi connectivity index (χ0) is 10.2. The van der Waals surface area contributed by atoms with Gasteiger partial charge in [0.15, 0.2) is 0 Å². The van der Waals surface area contributed by atoms with Gasteiger partial charge in [0.25, 0.3) is 0 Å². The lowest BCUT2D eigenvalue weighted by molar-refractivity contribution is 0.192. The van der Waals surface area contributed by atoms with E-state index in [0.717, 1.165) is 18.9 Å². The van der Waals surface area contributed by atoms with Gasteiger partial charge in [-0.1, -0.05) is 0 Å². The largest absolute Gasteiger partial charge is 0.392 e. The highest BCUT2D eigenvalue weighted by molar-refractivity contribution is 5.31. The van der Waals surface area contributed by atoms with Gasteiger partial charge in [-0.05, 0) is 19.1 Å². The lowest BCUT2D eigenvalue weighted by Crippen LogP contribution is -2.29. The number of nitrogens with one attached hydrogen (secondary N) is 2. The van der Waals surface area contributed by atoms with Crippen molar-refractivity contribution in [3.8, 4) is 0 Å². The van der Waals surface area contributed by atoms with Crippen LogP contribution in [0, 0.1) is 0 Å². The minimum atomic E-state index is -0.300. The Labute approximate surface area is 83.6 Å². The van der Waals surface area contributed by atoms with E-state index >= 15 is 0 Å². The molecule has 0 aliphatic carbocycles. The summed E-state index contributed by atoms with van der Waals surface area (Å²) in [6.07, 6.45) is 1.34. The van der Waals surface area contributed by atoms with Gasteiger partial charge in [0, 0.05) is 25.8 Å². The summed E-state index contributed by atoms with van der Waals surface area (Å²) >= 11 is 0. The predicted octanol–water partition coefficient (Wildman–Crippen LogP) is -0.141. The molecule has 1 aromatic rings. The van der Waals surface area contributed by atoms with E-state index < -0.39 is 0 Å². The predicted molar refractivity (Wildman–Crippen MR) is 55.1 cm³/mol. The van der Waals surface area contributed by atoms with Gasteiger partial charge in [0.1, 0.15) is 5.82 Å². The average molecular weight is 196 g/mol. The van der Waals surface area contributed by atoms with Crippen LogP contribution < -0.4 is 10.6 Å². The molecule has 1 unspecified atom stereocenters. The Balaban J connectivity index is 2.05. The van der Waals surface area contributed by atoms with Crippen LogP contribution in [0.5, 0.6) is 0 Å². The molecule has 1 aromatic heterocycles. The molecule has 1 rings (SSSR count). The van der Waals surface area contributed by atoms with Crippen LogP contribution in [-0.4, -0.2) is 41.0 Å². The van der Waals surface area contributed by atoms with Crippen molar-refractivity contribution in [3.63, 3.8) is 0 Å². The standard InChI is InChI=1S/C9H16N4O/c1-8(14)7-10-5-6-11-9-3-2-4-12-13-9/h2-4,8,10,14H,5-7H2,1H3,(H,11,13). The molecule has 1 heterocycles. The van der Waals surface area contributed by atoms with Crippen LogP contribution in [0.2, 0.25) is 0 Å². The maximum Gasteiger partial charge on any atom is 0.148 e. The van der Waals surface area contributed by atoms with Crippen molar-refractivity contribution in [1.29, 1.82) is 0 Å². The summed E-state index contributed by atoms with van der Waals surface area (Å²) in [5.41, 5.74) is 0. The van der Waals surface area contributed by atoms with Crippen LogP contribution in [0.15, 0.2) is 18.3 Å². The Morgan fingerprint density at radius 3 is 3.00 bits per heavy atom. The number of rotatable bonds is 6. The Bertz CT molecular complexity index is 240. The summed E-state index contributed by atoms with van der Waals surface area (Å²) in [5, 5.41) is 22.8. The quantitative estimate of drug-likeness (QED) is 0.552. The van der Waals surface area contributed by atoms with Crippen molar-refractivity contribution in [1.82, 2.24) is 15.5 Å². The van der Waals surface area contributed by atoms with Gasteiger partial charge in [0.2, 0.25) is 0 Å². The van der Waals surface area contributed by atoms with Crippen molar-refractivity contribution in [2.45, 2.75) is 13.0 Å². The molecular weight excluding hydrogens is 180 g/mol. The van der Waals surface area contributed by atoms with Gasteiger partial charge < -0.3 is 15.7 Å². The molecule has 14 heavy (non-hydrogen) atoms. The van der Waals surface area contributed by atoms with Crippen LogP contribution >= 0.6 is 0 Å². The normalized spacial score (nSPS) is 12.4. The highest BCUT2D eigenvalue weighted by Crippen LogP contribution is 1.95. The molecule has 5 nitrogen and oxygen atoms in total. The molecule has 0 aliphatic heterocycles. The maximum absolute atomic E-state index is 8.96. The summed E-state index contributed by atoms with van der Waals surface area (Å²) in [4.78, 5) is 0. The van der Waals surface area contributed by atoms with E-state index in [1.54, 1.807) is 13.1 Å². The number of aliphatic hydroxyl groups excluding tert-OH is 1. The lowest BCUT2D eigenvalue weighted by atomic mass is 10.4. The van der Waals surface area contributed by atoms with Crippen LogP contribution in [0.1, 0.15) is 6.92 Å². The Morgan fingerprint density at radius 1 is 1.50 bits per heavy atom. The molecule has 0 aliphatic rings. The molecule has 1 atom stereocenters. The first-order valence-electron chi connectivity index (χ1n) is 4.69. The first-order valence-corrected chi connectivity index (χ1v) is 4.69. The zero-order valence-electron chi connectivity index (χ0n) is 8.27. The number of aromatic nitrogens is 2. The fourth-order valence-corrected chi connectivity index (χ4v) is 0.986. The third kappa shape index (κ3) is 4.74. The summed E-state index contributed by atoms with van der Waals surface area (Å²) in [6, 6.07) is 3.69. The Morgan fingerprint density at radius 2 is 2.36 bits per heavy atom. The molecule has 3 N–H and O–H groups in total. The first-order chi connectivity index (χ1) is 6.79. The molecular formula is C9H16N4O. The van der Waals surface area contributed by atoms with Crippen molar-refractivity contribution >= 4 is 5.82 Å². The van der Waals surface area contributed by atoms with E-state index in [9.17, 15) is 0 Å². The van der Waals surface area contributed by atoms with E-state index in [-0.39, 0.29) is 6.10 Å². The van der Waals surface area contributed by atoms with E-state index in [0.29, 0.717) is 6.54 Å². The number of aliphatic hydroxyl groups is 1. The molecule has 0 amide bonds. The van der Waals surface area contributed by atoms with Crippen LogP contribution in [-0.2, 0) is 0 Å². The molecule has 5 heteroatoms. The highest BCUT2D eigenvalue weighted by atomic mass is 16.3. The van der Waals surface area contributed by atoms with Gasteiger partial charge in [-0.15, -0.1) is 5.10 Å². The van der Waals surface area contributed by atoms with Gasteiger partial charge in [0.05, 0.1) is 6.10 Å². The topological polar surface area (TPSA) is 70.1 Å². The van der Waals surface area contributed by atoms with E-state index in [1.807, 2.05) is 12.1 Å². The lowest BCUT2D eigenvalue weighted by Gasteiger charge is -2.07. The first kappa shape index (κ1) is 10.9. The summed E-state index contributed by atoms with van der Waals surface area (Å²) < 4.78 is 0. The monoisotopic (exact) mass is 196 g/mol. The Kier molecular flexibility index (Phi) is 4.88. The van der Waals surface area contributed by atoms with E-state index in [4.69, 9.17) is 5.11 Å². The summed E-state index contributed by atoms with van der Waals surface area (Å²) in [7, 11) is 0. The molecule has 0 fully saturated rings. The number of nitrogens with zero attached hydrogens (tertiary/aromatic N) is 2. The second kappa shape index (κ2) is 6.28. The zero-order valence-corrected chi connectivity index (χ0v) is 8.27. The third-order valence-electron chi connectivity index (χ3n) is 1.62. The second-order valence-electron chi connectivity index (χ2n) is 3.09. The maximum atomic E-state index is 8.96. The van der Waals surface area contributed by atoms with Crippen LogP contribution in [0.25, 0.3) is 0 Å². The smallest absolute Gasteiger partial charge is 0.148 e. The van der Waals surface area contributed by atoms with Crippen molar-refractivity contribution in [2.24, 2.45) is 0 Å². The van der Waals surface area contributed by atoms with Crippen molar-refractivity contribution in [3.05, 3.63) is 18.3 Å². The minimum Gasteiger partial charge on any atom is -0.392 e. The molecule has 0 aromatic carbocycles. The molecule has 0 spiro atoms. The highest BCUT2D eigenvalue weighted by Gasteiger charge is 1.94. The van der Waals surface area contributed by atoms with Crippen LogP contribution in [0.3, 0.4) is 0 Å². The molecule has 0 saturated carbocycles. The summed E-state index contributed by atoms with van der Waals surface area (Å²) in [5.74, 6) is 0.770.